The molecule has 68 valence electrons. The van der Waals surface area contributed by atoms with Crippen molar-refractivity contribution >= 4 is 5.84 Å². The van der Waals surface area contributed by atoms with Crippen LogP contribution in [0.5, 0.6) is 0 Å². The first-order valence-corrected chi connectivity index (χ1v) is 5.18. The fourth-order valence-corrected chi connectivity index (χ4v) is 1.88. The molecule has 1 N–H and O–H groups in total. The molecule has 2 aliphatic rings. The van der Waals surface area contributed by atoms with Crippen LogP contribution in [0, 0.1) is 11.3 Å². The molecule has 1 saturated heterocycles. The predicted molar refractivity (Wildman–Crippen MR) is 50.5 cm³/mol. The Bertz CT molecular complexity index is 173. The van der Waals surface area contributed by atoms with Crippen LogP contribution in [0.15, 0.2) is 0 Å². The van der Waals surface area contributed by atoms with Crippen LogP contribution in [-0.2, 0) is 0 Å². The van der Waals surface area contributed by atoms with E-state index in [0.29, 0.717) is 0 Å². The highest BCUT2D eigenvalue weighted by atomic mass is 15.2. The summed E-state index contributed by atoms with van der Waals surface area (Å²) in [5, 5.41) is 7.74. The van der Waals surface area contributed by atoms with Gasteiger partial charge in [0, 0.05) is 19.5 Å². The van der Waals surface area contributed by atoms with E-state index in [1.54, 1.807) is 0 Å². The lowest BCUT2D eigenvalue weighted by Gasteiger charge is -2.29. The molecule has 1 heterocycles. The Kier molecular flexibility index (Phi) is 2.33. The lowest BCUT2D eigenvalue weighted by Crippen LogP contribution is -2.35. The van der Waals surface area contributed by atoms with Gasteiger partial charge >= 0.3 is 0 Å². The van der Waals surface area contributed by atoms with E-state index >= 15 is 0 Å². The van der Waals surface area contributed by atoms with Gasteiger partial charge in [0.25, 0.3) is 0 Å². The Hall–Kier alpha value is -0.530. The van der Waals surface area contributed by atoms with Crippen molar-refractivity contribution in [3.8, 4) is 0 Å². The highest BCUT2D eigenvalue weighted by Gasteiger charge is 2.23. The molecule has 0 amide bonds. The third-order valence-corrected chi connectivity index (χ3v) is 2.98. The van der Waals surface area contributed by atoms with Gasteiger partial charge in [-0.1, -0.05) is 12.8 Å². The highest BCUT2D eigenvalue weighted by molar-refractivity contribution is 5.79. The molecule has 0 aromatic rings. The quantitative estimate of drug-likeness (QED) is 0.684. The zero-order valence-electron chi connectivity index (χ0n) is 7.68. The van der Waals surface area contributed by atoms with Crippen molar-refractivity contribution in [1.82, 2.24) is 4.90 Å². The third kappa shape index (κ3) is 1.99. The second-order valence-electron chi connectivity index (χ2n) is 4.12. The van der Waals surface area contributed by atoms with Gasteiger partial charge in [0.2, 0.25) is 0 Å². The van der Waals surface area contributed by atoms with Crippen LogP contribution in [0.3, 0.4) is 0 Å². The van der Waals surface area contributed by atoms with E-state index in [4.69, 9.17) is 5.41 Å². The third-order valence-electron chi connectivity index (χ3n) is 2.98. The first-order chi connectivity index (χ1) is 5.86. The molecule has 2 heteroatoms. The van der Waals surface area contributed by atoms with E-state index in [1.807, 2.05) is 0 Å². The summed E-state index contributed by atoms with van der Waals surface area (Å²) in [6, 6.07) is 0. The monoisotopic (exact) mass is 166 g/mol. The molecular weight excluding hydrogens is 148 g/mol. The van der Waals surface area contributed by atoms with Crippen LogP contribution in [0.1, 0.15) is 38.5 Å². The summed E-state index contributed by atoms with van der Waals surface area (Å²) < 4.78 is 0. The van der Waals surface area contributed by atoms with Gasteiger partial charge in [0.15, 0.2) is 0 Å². The van der Waals surface area contributed by atoms with E-state index in [-0.39, 0.29) is 0 Å². The molecule has 0 aromatic carbocycles. The normalized spacial score (nSPS) is 24.7. The number of hydrogen-bond acceptors (Lipinski definition) is 1. The van der Waals surface area contributed by atoms with Crippen molar-refractivity contribution in [3.05, 3.63) is 0 Å². The van der Waals surface area contributed by atoms with Crippen LogP contribution in [0.4, 0.5) is 0 Å². The molecule has 0 aromatic heterocycles. The Morgan fingerprint density at radius 1 is 1.33 bits per heavy atom. The molecule has 0 atom stereocenters. The fraction of sp³-hybridized carbons (Fsp3) is 0.900. The Morgan fingerprint density at radius 3 is 2.83 bits per heavy atom. The van der Waals surface area contributed by atoms with E-state index in [1.165, 1.54) is 32.1 Å². The van der Waals surface area contributed by atoms with Crippen molar-refractivity contribution in [2.45, 2.75) is 38.5 Å². The maximum absolute atomic E-state index is 7.74. The molecule has 1 aliphatic heterocycles. The first kappa shape index (κ1) is 8.09. The van der Waals surface area contributed by atoms with Gasteiger partial charge in [-0.05, 0) is 25.2 Å². The number of likely N-dealkylation sites (tertiary alicyclic amines) is 1. The summed E-state index contributed by atoms with van der Waals surface area (Å²) >= 11 is 0. The fourth-order valence-electron chi connectivity index (χ4n) is 1.88. The van der Waals surface area contributed by atoms with Gasteiger partial charge in [-0.2, -0.15) is 0 Å². The zero-order chi connectivity index (χ0) is 8.39. The molecule has 0 spiro atoms. The number of piperidine rings is 1. The Morgan fingerprint density at radius 2 is 2.17 bits per heavy atom. The summed E-state index contributed by atoms with van der Waals surface area (Å²) in [5.74, 6) is 1.90. The number of nitrogens with one attached hydrogen (secondary N) is 1. The van der Waals surface area contributed by atoms with Gasteiger partial charge < -0.3 is 4.90 Å². The van der Waals surface area contributed by atoms with Gasteiger partial charge in [-0.15, -0.1) is 0 Å². The first-order valence-electron chi connectivity index (χ1n) is 5.18. The van der Waals surface area contributed by atoms with E-state index in [2.05, 4.69) is 4.90 Å². The lowest BCUT2D eigenvalue weighted by molar-refractivity contribution is 0.354. The molecule has 2 nitrogen and oxygen atoms in total. The SMILES string of the molecule is N=C1CCCCN1CCC1CC1. The maximum atomic E-state index is 7.74. The van der Waals surface area contributed by atoms with Crippen molar-refractivity contribution in [3.63, 3.8) is 0 Å². The highest BCUT2D eigenvalue weighted by Crippen LogP contribution is 2.32. The Balaban J connectivity index is 1.72. The van der Waals surface area contributed by atoms with Crippen LogP contribution in [0.25, 0.3) is 0 Å². The van der Waals surface area contributed by atoms with Crippen molar-refractivity contribution < 1.29 is 0 Å². The summed E-state index contributed by atoms with van der Waals surface area (Å²) in [4.78, 5) is 2.28. The number of nitrogens with zero attached hydrogens (tertiary/aromatic N) is 1. The maximum Gasteiger partial charge on any atom is 0.0957 e. The van der Waals surface area contributed by atoms with Gasteiger partial charge in [0.05, 0.1) is 5.84 Å². The van der Waals surface area contributed by atoms with E-state index in [0.717, 1.165) is 31.3 Å². The molecule has 1 saturated carbocycles. The van der Waals surface area contributed by atoms with Crippen LogP contribution >= 0.6 is 0 Å². The number of rotatable bonds is 3. The topological polar surface area (TPSA) is 27.1 Å². The average molecular weight is 166 g/mol. The summed E-state index contributed by atoms with van der Waals surface area (Å²) in [7, 11) is 0. The minimum Gasteiger partial charge on any atom is -0.361 e. The second-order valence-corrected chi connectivity index (χ2v) is 4.12. The Labute approximate surface area is 74.5 Å². The van der Waals surface area contributed by atoms with Gasteiger partial charge in [0.1, 0.15) is 0 Å². The lowest BCUT2D eigenvalue weighted by atomic mass is 10.1. The average Bonchev–Trinajstić information content (AvgIpc) is 2.86. The molecule has 0 bridgehead atoms. The molecule has 2 rings (SSSR count). The second kappa shape index (κ2) is 3.46. The van der Waals surface area contributed by atoms with Crippen LogP contribution < -0.4 is 0 Å². The van der Waals surface area contributed by atoms with Gasteiger partial charge in [-0.25, -0.2) is 0 Å². The summed E-state index contributed by atoms with van der Waals surface area (Å²) in [6.07, 6.45) is 7.78. The van der Waals surface area contributed by atoms with Crippen molar-refractivity contribution in [2.24, 2.45) is 5.92 Å². The standard InChI is InChI=1S/C10H18N2/c11-10-3-1-2-7-12(10)8-6-9-4-5-9/h9,11H,1-8H2. The van der Waals surface area contributed by atoms with Crippen molar-refractivity contribution in [2.75, 3.05) is 13.1 Å². The molecule has 1 aliphatic carbocycles. The predicted octanol–water partition coefficient (Wildman–Crippen LogP) is 2.25. The number of amidine groups is 1. The summed E-state index contributed by atoms with van der Waals surface area (Å²) in [6.45, 7) is 2.30. The molecule has 2 fully saturated rings. The van der Waals surface area contributed by atoms with Crippen LogP contribution in [-0.4, -0.2) is 23.8 Å². The smallest absolute Gasteiger partial charge is 0.0957 e. The van der Waals surface area contributed by atoms with Gasteiger partial charge in [-0.3, -0.25) is 5.41 Å². The molecular formula is C10H18N2. The zero-order valence-corrected chi connectivity index (χ0v) is 7.68. The number of hydrogen-bond donors (Lipinski definition) is 1. The summed E-state index contributed by atoms with van der Waals surface area (Å²) in [5.41, 5.74) is 0. The molecule has 0 radical (unpaired) electrons. The van der Waals surface area contributed by atoms with Crippen molar-refractivity contribution in [1.29, 1.82) is 5.41 Å². The minimum atomic E-state index is 0.891. The van der Waals surface area contributed by atoms with E-state index < -0.39 is 0 Å². The molecule has 0 unspecified atom stereocenters. The van der Waals surface area contributed by atoms with E-state index in [9.17, 15) is 0 Å². The largest absolute Gasteiger partial charge is 0.361 e. The minimum absolute atomic E-state index is 0.891. The molecule has 12 heavy (non-hydrogen) atoms. The van der Waals surface area contributed by atoms with Crippen LogP contribution in [0.2, 0.25) is 0 Å².